The van der Waals surface area contributed by atoms with Gasteiger partial charge in [0.25, 0.3) is 5.91 Å². The van der Waals surface area contributed by atoms with E-state index in [9.17, 15) is 4.79 Å². The second kappa shape index (κ2) is 11.4. The summed E-state index contributed by atoms with van der Waals surface area (Å²) in [6.45, 7) is 4.12. The summed E-state index contributed by atoms with van der Waals surface area (Å²) in [4.78, 5) is 15.2. The molecular weight excluding hydrogens is 392 g/mol. The second-order valence-corrected chi connectivity index (χ2v) is 7.81. The van der Waals surface area contributed by atoms with Crippen molar-refractivity contribution in [3.8, 4) is 5.75 Å². The Kier molecular flexibility index (Phi) is 8.29. The summed E-state index contributed by atoms with van der Waals surface area (Å²) in [5, 5.41) is 6.77. The van der Waals surface area contributed by atoms with Crippen molar-refractivity contribution < 1.29 is 14.3 Å². The maximum Gasteiger partial charge on any atom is 0.255 e. The molecule has 0 aliphatic carbocycles. The molecule has 0 bridgehead atoms. The summed E-state index contributed by atoms with van der Waals surface area (Å²) in [7, 11) is 1.76. The van der Waals surface area contributed by atoms with Crippen LogP contribution in [0.3, 0.4) is 0 Å². The molecular formula is C24H32N4O3. The number of benzene rings is 2. The van der Waals surface area contributed by atoms with Gasteiger partial charge in [0.15, 0.2) is 12.6 Å². The molecule has 0 radical (unpaired) electrons. The summed E-state index contributed by atoms with van der Waals surface area (Å²) in [5.41, 5.74) is 8.63. The van der Waals surface area contributed by atoms with Gasteiger partial charge in [-0.1, -0.05) is 42.0 Å². The maximum absolute atomic E-state index is 10.9. The van der Waals surface area contributed by atoms with Crippen LogP contribution in [0.25, 0.3) is 0 Å². The number of carbonyl (C=O) groups is 1. The van der Waals surface area contributed by atoms with Gasteiger partial charge in [-0.3, -0.25) is 9.79 Å². The lowest BCUT2D eigenvalue weighted by molar-refractivity contribution is -0.119. The number of hydrogen-bond acceptors (Lipinski definition) is 4. The van der Waals surface area contributed by atoms with Crippen molar-refractivity contribution in [2.75, 3.05) is 26.8 Å². The van der Waals surface area contributed by atoms with Gasteiger partial charge < -0.3 is 25.8 Å². The SMILES string of the molecule is CN=C(NCc1cccc(OCC(N)=O)c1)NCC1CCCOC1c1ccc(C)cc1. The summed E-state index contributed by atoms with van der Waals surface area (Å²) < 4.78 is 11.5. The lowest BCUT2D eigenvalue weighted by atomic mass is 9.89. The second-order valence-electron chi connectivity index (χ2n) is 7.81. The molecule has 0 spiro atoms. The van der Waals surface area contributed by atoms with Crippen LogP contribution in [0, 0.1) is 12.8 Å². The Labute approximate surface area is 184 Å². The average Bonchev–Trinajstić information content (AvgIpc) is 2.79. The van der Waals surface area contributed by atoms with Gasteiger partial charge in [0.1, 0.15) is 5.75 Å². The lowest BCUT2D eigenvalue weighted by Crippen LogP contribution is -2.41. The van der Waals surface area contributed by atoms with Crippen LogP contribution < -0.4 is 21.1 Å². The molecule has 2 unspecified atom stereocenters. The van der Waals surface area contributed by atoms with Crippen LogP contribution >= 0.6 is 0 Å². The van der Waals surface area contributed by atoms with E-state index in [2.05, 4.69) is 46.8 Å². The van der Waals surface area contributed by atoms with Crippen molar-refractivity contribution in [3.63, 3.8) is 0 Å². The van der Waals surface area contributed by atoms with Crippen LogP contribution in [0.1, 0.15) is 35.6 Å². The Morgan fingerprint density at radius 1 is 1.23 bits per heavy atom. The molecule has 1 fully saturated rings. The standard InChI is InChI=1S/C24H32N4O3/c1-17-8-10-19(11-9-17)23-20(6-4-12-30-23)15-28-24(26-2)27-14-18-5-3-7-21(13-18)31-16-22(25)29/h3,5,7-11,13,20,23H,4,6,12,14-16H2,1-2H3,(H2,25,29)(H2,26,27,28). The summed E-state index contributed by atoms with van der Waals surface area (Å²) in [6.07, 6.45) is 2.28. The predicted octanol–water partition coefficient (Wildman–Crippen LogP) is 2.69. The van der Waals surface area contributed by atoms with Gasteiger partial charge in [-0.2, -0.15) is 0 Å². The van der Waals surface area contributed by atoms with E-state index in [1.165, 1.54) is 11.1 Å². The normalized spacial score (nSPS) is 19.0. The van der Waals surface area contributed by atoms with Crippen molar-refractivity contribution in [3.05, 3.63) is 65.2 Å². The van der Waals surface area contributed by atoms with Gasteiger partial charge in [-0.25, -0.2) is 0 Å². The zero-order chi connectivity index (χ0) is 22.1. The quantitative estimate of drug-likeness (QED) is 0.447. The molecule has 2 aromatic carbocycles. The van der Waals surface area contributed by atoms with Gasteiger partial charge in [-0.15, -0.1) is 0 Å². The van der Waals surface area contributed by atoms with Crippen molar-refractivity contribution in [1.29, 1.82) is 0 Å². The van der Waals surface area contributed by atoms with Gasteiger partial charge in [0.2, 0.25) is 0 Å². The molecule has 31 heavy (non-hydrogen) atoms. The lowest BCUT2D eigenvalue weighted by Gasteiger charge is -2.32. The maximum atomic E-state index is 10.9. The highest BCUT2D eigenvalue weighted by Gasteiger charge is 2.27. The van der Waals surface area contributed by atoms with E-state index in [0.29, 0.717) is 18.2 Å². The zero-order valence-corrected chi connectivity index (χ0v) is 18.3. The molecule has 2 atom stereocenters. The van der Waals surface area contributed by atoms with Gasteiger partial charge in [0, 0.05) is 32.7 Å². The molecule has 7 heteroatoms. The first-order chi connectivity index (χ1) is 15.0. The summed E-state index contributed by atoms with van der Waals surface area (Å²) >= 11 is 0. The highest BCUT2D eigenvalue weighted by Crippen LogP contribution is 2.33. The summed E-state index contributed by atoms with van der Waals surface area (Å²) in [6, 6.07) is 16.2. The van der Waals surface area contributed by atoms with E-state index >= 15 is 0 Å². The summed E-state index contributed by atoms with van der Waals surface area (Å²) in [5.74, 6) is 1.22. The van der Waals surface area contributed by atoms with Crippen molar-refractivity contribution in [1.82, 2.24) is 10.6 Å². The van der Waals surface area contributed by atoms with Crippen LogP contribution in [0.4, 0.5) is 0 Å². The number of nitrogens with one attached hydrogen (secondary N) is 2. The van der Waals surface area contributed by atoms with E-state index in [-0.39, 0.29) is 12.7 Å². The molecule has 0 saturated carbocycles. The minimum atomic E-state index is -0.497. The minimum absolute atomic E-state index is 0.0963. The van der Waals surface area contributed by atoms with Gasteiger partial charge >= 0.3 is 0 Å². The fourth-order valence-corrected chi connectivity index (χ4v) is 3.71. The Balaban J connectivity index is 1.53. The van der Waals surface area contributed by atoms with E-state index < -0.39 is 5.91 Å². The van der Waals surface area contributed by atoms with Crippen LogP contribution in [0.2, 0.25) is 0 Å². The number of aliphatic imine (C=N–C) groups is 1. The molecule has 166 valence electrons. The number of carbonyl (C=O) groups excluding carboxylic acids is 1. The number of ether oxygens (including phenoxy) is 2. The third kappa shape index (κ3) is 7.00. The van der Waals surface area contributed by atoms with Crippen molar-refractivity contribution in [2.45, 2.75) is 32.4 Å². The Bertz CT molecular complexity index is 883. The third-order valence-corrected chi connectivity index (χ3v) is 5.35. The molecule has 1 aliphatic rings. The van der Waals surface area contributed by atoms with Crippen LogP contribution in [-0.4, -0.2) is 38.7 Å². The molecule has 3 rings (SSSR count). The minimum Gasteiger partial charge on any atom is -0.484 e. The smallest absolute Gasteiger partial charge is 0.255 e. The Morgan fingerprint density at radius 3 is 2.77 bits per heavy atom. The van der Waals surface area contributed by atoms with E-state index in [1.54, 1.807) is 13.1 Å². The highest BCUT2D eigenvalue weighted by molar-refractivity contribution is 5.79. The van der Waals surface area contributed by atoms with E-state index in [4.69, 9.17) is 15.2 Å². The molecule has 1 aliphatic heterocycles. The average molecular weight is 425 g/mol. The Morgan fingerprint density at radius 2 is 2.03 bits per heavy atom. The first-order valence-electron chi connectivity index (χ1n) is 10.7. The van der Waals surface area contributed by atoms with Gasteiger partial charge in [-0.05, 0) is 43.0 Å². The number of amides is 1. The fraction of sp³-hybridized carbons (Fsp3) is 0.417. The number of guanidine groups is 1. The predicted molar refractivity (Wildman–Crippen MR) is 122 cm³/mol. The number of aryl methyl sites for hydroxylation is 1. The highest BCUT2D eigenvalue weighted by atomic mass is 16.5. The number of hydrogen-bond donors (Lipinski definition) is 3. The monoisotopic (exact) mass is 424 g/mol. The number of nitrogens with two attached hydrogens (primary N) is 1. The Hall–Kier alpha value is -3.06. The molecule has 1 heterocycles. The fourth-order valence-electron chi connectivity index (χ4n) is 3.71. The van der Waals surface area contributed by atoms with Crippen LogP contribution in [0.15, 0.2) is 53.5 Å². The number of nitrogens with zero attached hydrogens (tertiary/aromatic N) is 1. The van der Waals surface area contributed by atoms with Crippen molar-refractivity contribution in [2.24, 2.45) is 16.6 Å². The molecule has 1 saturated heterocycles. The largest absolute Gasteiger partial charge is 0.484 e. The van der Waals surface area contributed by atoms with Crippen LogP contribution in [0.5, 0.6) is 5.75 Å². The molecule has 0 aromatic heterocycles. The van der Waals surface area contributed by atoms with Gasteiger partial charge in [0.05, 0.1) is 6.10 Å². The van der Waals surface area contributed by atoms with Crippen molar-refractivity contribution >= 4 is 11.9 Å². The molecule has 4 N–H and O–H groups in total. The topological polar surface area (TPSA) is 98.0 Å². The first kappa shape index (κ1) is 22.6. The molecule has 7 nitrogen and oxygen atoms in total. The number of primary amides is 1. The number of rotatable bonds is 8. The zero-order valence-electron chi connectivity index (χ0n) is 18.3. The van der Waals surface area contributed by atoms with E-state index in [1.807, 2.05) is 18.2 Å². The first-order valence-corrected chi connectivity index (χ1v) is 10.7. The molecule has 2 aromatic rings. The third-order valence-electron chi connectivity index (χ3n) is 5.35. The molecule has 1 amide bonds. The van der Waals surface area contributed by atoms with E-state index in [0.717, 1.165) is 37.5 Å². The van der Waals surface area contributed by atoms with Crippen LogP contribution in [-0.2, 0) is 16.1 Å².